The van der Waals surface area contributed by atoms with Gasteiger partial charge in [0.25, 0.3) is 0 Å². The molecule has 0 spiro atoms. The van der Waals surface area contributed by atoms with Crippen LogP contribution in [0.1, 0.15) is 0 Å². The highest BCUT2D eigenvalue weighted by atomic mass is 32.2. The molecule has 0 aromatic rings. The topological polar surface area (TPSA) is 29.4 Å². The van der Waals surface area contributed by atoms with Gasteiger partial charge in [-0.3, -0.25) is 4.79 Å². The zero-order valence-electron chi connectivity index (χ0n) is 3.84. The number of carbonyl (C=O) groups is 1. The quantitative estimate of drug-likeness (QED) is 0.416. The molecule has 0 fully saturated rings. The van der Waals surface area contributed by atoms with Crippen molar-refractivity contribution in [1.29, 1.82) is 0 Å². The van der Waals surface area contributed by atoms with E-state index >= 15 is 0 Å². The van der Waals surface area contributed by atoms with E-state index in [1.165, 1.54) is 0 Å². The number of hydrogen-bond acceptors (Lipinski definition) is 2. The van der Waals surface area contributed by atoms with Gasteiger partial charge in [0.15, 0.2) is 10.8 Å². The maximum atomic E-state index is 12.1. The maximum Gasteiger partial charge on any atom is 0.168 e. The molecule has 1 radical (unpaired) electrons. The zero-order chi connectivity index (χ0) is 5.98. The van der Waals surface area contributed by atoms with Gasteiger partial charge in [-0.25, -0.2) is 4.99 Å². The molecule has 0 amide bonds. The van der Waals surface area contributed by atoms with Gasteiger partial charge >= 0.3 is 0 Å². The van der Waals surface area contributed by atoms with Gasteiger partial charge in [-0.1, -0.05) is 10.9 Å². The van der Waals surface area contributed by atoms with Gasteiger partial charge in [0.05, 0.1) is 6.20 Å². The third-order valence-corrected chi connectivity index (χ3v) is 1.79. The molecule has 1 rings (SSSR count). The Kier molecular flexibility index (Phi) is 1.43. The van der Waals surface area contributed by atoms with Crippen molar-refractivity contribution in [2.24, 2.45) is 4.99 Å². The third-order valence-electron chi connectivity index (χ3n) is 0.672. The summed E-state index contributed by atoms with van der Waals surface area (Å²) in [7, 11) is -1.41. The van der Waals surface area contributed by atoms with Crippen LogP contribution in [0.25, 0.3) is 0 Å². The fraction of sp³-hybridized carbons (Fsp3) is 0. The SMILES string of the molecule is O=C[SH]1[C]=NC=C1F. The Balaban J connectivity index is 2.71. The lowest BCUT2D eigenvalue weighted by atomic mass is 11.0. The minimum atomic E-state index is -1.41. The van der Waals surface area contributed by atoms with Crippen LogP contribution < -0.4 is 0 Å². The van der Waals surface area contributed by atoms with Crippen LogP contribution in [0.3, 0.4) is 0 Å². The van der Waals surface area contributed by atoms with Crippen molar-refractivity contribution < 1.29 is 9.18 Å². The van der Waals surface area contributed by atoms with Crippen molar-refractivity contribution in [2.75, 3.05) is 0 Å². The minimum Gasteiger partial charge on any atom is -0.292 e. The van der Waals surface area contributed by atoms with E-state index in [1.807, 2.05) is 0 Å². The van der Waals surface area contributed by atoms with Gasteiger partial charge in [0, 0.05) is 0 Å². The normalized spacial score (nSPS) is 30.1. The molecule has 0 saturated carbocycles. The van der Waals surface area contributed by atoms with Crippen LogP contribution in [-0.4, -0.2) is 11.2 Å². The molecule has 4 heteroatoms. The summed E-state index contributed by atoms with van der Waals surface area (Å²) in [5, 5.41) is -0.463. The lowest BCUT2D eigenvalue weighted by Crippen LogP contribution is -1.75. The number of thiol groups is 1. The fourth-order valence-corrected chi connectivity index (χ4v) is 0.936. The molecule has 8 heavy (non-hydrogen) atoms. The summed E-state index contributed by atoms with van der Waals surface area (Å²) in [6.45, 7) is 0. The predicted molar refractivity (Wildman–Crippen MR) is 32.4 cm³/mol. The number of hydrogen-bond donors (Lipinski definition) is 1. The number of aliphatic imine (C=N–C) groups is 1. The summed E-state index contributed by atoms with van der Waals surface area (Å²) >= 11 is 0. The molecule has 0 saturated heterocycles. The first-order chi connectivity index (χ1) is 3.84. The summed E-state index contributed by atoms with van der Waals surface area (Å²) in [5.41, 5.74) is 2.84. The number of halogens is 1. The van der Waals surface area contributed by atoms with Gasteiger partial charge in [-0.05, 0) is 0 Å². The third kappa shape index (κ3) is 0.790. The fourth-order valence-electron chi connectivity index (χ4n) is 0.328. The van der Waals surface area contributed by atoms with Gasteiger partial charge in [0.1, 0.15) is 5.55 Å². The van der Waals surface area contributed by atoms with E-state index in [9.17, 15) is 9.18 Å². The average Bonchev–Trinajstić information content (AvgIpc) is 2.14. The van der Waals surface area contributed by atoms with E-state index in [-0.39, 0.29) is 0 Å². The van der Waals surface area contributed by atoms with Crippen molar-refractivity contribution in [1.82, 2.24) is 0 Å². The Labute approximate surface area is 48.5 Å². The smallest absolute Gasteiger partial charge is 0.168 e. The first-order valence-electron chi connectivity index (χ1n) is 1.90. The first-order valence-corrected chi connectivity index (χ1v) is 3.31. The lowest BCUT2D eigenvalue weighted by Gasteiger charge is -1.93. The van der Waals surface area contributed by atoms with Crippen molar-refractivity contribution in [3.8, 4) is 0 Å². The van der Waals surface area contributed by atoms with Crippen LogP contribution in [0.5, 0.6) is 0 Å². The second-order valence-electron chi connectivity index (χ2n) is 1.16. The molecule has 1 aliphatic heterocycles. The molecule has 0 bridgehead atoms. The second kappa shape index (κ2) is 2.09. The molecule has 2 nitrogen and oxygen atoms in total. The van der Waals surface area contributed by atoms with Gasteiger partial charge < -0.3 is 0 Å². The molecular weight excluding hydrogens is 129 g/mol. The molecular formula is C4H3FNOS. The standard InChI is InChI=1S/C4H3FNOS/c5-4-1-6-2-8(4)3-7/h1,3,8H. The van der Waals surface area contributed by atoms with E-state index in [2.05, 4.69) is 10.5 Å². The summed E-state index contributed by atoms with van der Waals surface area (Å²) in [4.78, 5) is 13.2. The Bertz CT molecular complexity index is 165. The van der Waals surface area contributed by atoms with E-state index in [0.717, 1.165) is 6.20 Å². The Morgan fingerprint density at radius 2 is 2.75 bits per heavy atom. The highest BCUT2D eigenvalue weighted by Gasteiger charge is 2.09. The van der Waals surface area contributed by atoms with Crippen molar-refractivity contribution in [3.63, 3.8) is 0 Å². The molecule has 1 unspecified atom stereocenters. The van der Waals surface area contributed by atoms with E-state index < -0.39 is 16.1 Å². The average molecular weight is 132 g/mol. The van der Waals surface area contributed by atoms with Gasteiger partial charge in [-0.15, -0.1) is 0 Å². The second-order valence-corrected chi connectivity index (χ2v) is 2.73. The van der Waals surface area contributed by atoms with Crippen LogP contribution in [-0.2, 0) is 4.79 Å². The van der Waals surface area contributed by atoms with Crippen LogP contribution in [0.2, 0.25) is 0 Å². The highest BCUT2D eigenvalue weighted by Crippen LogP contribution is 2.33. The Morgan fingerprint density at radius 3 is 3.00 bits per heavy atom. The molecule has 0 aliphatic carbocycles. The molecule has 1 aliphatic rings. The van der Waals surface area contributed by atoms with Crippen molar-refractivity contribution in [3.05, 3.63) is 11.4 Å². The number of carbonyl (C=O) groups excluding carboxylic acids is 1. The van der Waals surface area contributed by atoms with Gasteiger partial charge in [0.2, 0.25) is 0 Å². The summed E-state index contributed by atoms with van der Waals surface area (Å²) in [6, 6.07) is 0. The van der Waals surface area contributed by atoms with E-state index in [0.29, 0.717) is 5.62 Å². The molecule has 0 aromatic carbocycles. The highest BCUT2D eigenvalue weighted by molar-refractivity contribution is 8.41. The summed E-state index contributed by atoms with van der Waals surface area (Å²) < 4.78 is 12.1. The molecule has 1 heterocycles. The predicted octanol–water partition coefficient (Wildman–Crippen LogP) is 0.865. The monoisotopic (exact) mass is 132 g/mol. The van der Waals surface area contributed by atoms with Crippen LogP contribution in [0.15, 0.2) is 16.4 Å². The minimum absolute atomic E-state index is 0.463. The number of nitrogens with zero attached hydrogens (tertiary/aromatic N) is 1. The van der Waals surface area contributed by atoms with Crippen molar-refractivity contribution >= 4 is 22.1 Å². The van der Waals surface area contributed by atoms with Crippen LogP contribution in [0.4, 0.5) is 4.39 Å². The van der Waals surface area contributed by atoms with Crippen LogP contribution >= 0.6 is 10.9 Å². The van der Waals surface area contributed by atoms with Crippen molar-refractivity contribution in [2.45, 2.75) is 0 Å². The molecule has 43 valence electrons. The molecule has 1 atom stereocenters. The Hall–Kier alpha value is -0.640. The first kappa shape index (κ1) is 5.50. The largest absolute Gasteiger partial charge is 0.292 e. The van der Waals surface area contributed by atoms with Crippen LogP contribution in [0, 0.1) is 0 Å². The van der Waals surface area contributed by atoms with Gasteiger partial charge in [-0.2, -0.15) is 4.39 Å². The summed E-state index contributed by atoms with van der Waals surface area (Å²) in [6.07, 6.45) is 1.01. The molecule has 0 N–H and O–H groups in total. The van der Waals surface area contributed by atoms with E-state index in [1.54, 1.807) is 0 Å². The Morgan fingerprint density at radius 1 is 2.00 bits per heavy atom. The number of rotatable bonds is 1. The summed E-state index contributed by atoms with van der Waals surface area (Å²) in [5.74, 6) is 0. The zero-order valence-corrected chi connectivity index (χ0v) is 4.73. The lowest BCUT2D eigenvalue weighted by molar-refractivity contribution is 0.569. The maximum absolute atomic E-state index is 12.1. The van der Waals surface area contributed by atoms with E-state index in [4.69, 9.17) is 0 Å². The molecule has 0 aromatic heterocycles.